The topological polar surface area (TPSA) is 43.8 Å². The summed E-state index contributed by atoms with van der Waals surface area (Å²) in [6.45, 7) is 5.35. The zero-order valence-electron chi connectivity index (χ0n) is 9.98. The lowest BCUT2D eigenvalue weighted by atomic mass is 10.1. The molecule has 0 unspecified atom stereocenters. The fourth-order valence-electron chi connectivity index (χ4n) is 1.57. The highest BCUT2D eigenvalue weighted by Gasteiger charge is 2.10. The third-order valence-corrected chi connectivity index (χ3v) is 4.16. The van der Waals surface area contributed by atoms with E-state index in [-0.39, 0.29) is 0 Å². The van der Waals surface area contributed by atoms with Gasteiger partial charge < -0.3 is 5.73 Å². The number of anilines is 1. The first-order valence-electron chi connectivity index (χ1n) is 5.65. The first kappa shape index (κ1) is 12.6. The van der Waals surface area contributed by atoms with Crippen molar-refractivity contribution in [2.75, 3.05) is 5.73 Å². The van der Waals surface area contributed by atoms with Crippen LogP contribution >= 0.6 is 27.3 Å². The molecule has 0 bridgehead atoms. The summed E-state index contributed by atoms with van der Waals surface area (Å²) in [5, 5.41) is 4.55. The number of aromatic nitrogens is 2. The molecule has 17 heavy (non-hydrogen) atoms. The van der Waals surface area contributed by atoms with Crippen molar-refractivity contribution in [2.24, 2.45) is 5.92 Å². The number of nitrogen functional groups attached to an aromatic ring is 1. The molecule has 5 heteroatoms. The van der Waals surface area contributed by atoms with Crippen LogP contribution in [0.25, 0.3) is 10.6 Å². The molecule has 0 radical (unpaired) electrons. The number of halogens is 1. The second kappa shape index (κ2) is 5.23. The molecule has 92 valence electrons. The maximum Gasteiger partial charge on any atom is 0.125 e. The van der Waals surface area contributed by atoms with Crippen LogP contribution in [0.15, 0.2) is 22.1 Å². The van der Waals surface area contributed by atoms with E-state index in [1.165, 1.54) is 0 Å². The molecule has 2 heterocycles. The van der Waals surface area contributed by atoms with E-state index < -0.39 is 0 Å². The van der Waals surface area contributed by atoms with Gasteiger partial charge in [0.05, 0.1) is 14.4 Å². The molecule has 0 spiro atoms. The van der Waals surface area contributed by atoms with E-state index in [1.54, 1.807) is 11.3 Å². The van der Waals surface area contributed by atoms with Gasteiger partial charge in [-0.05, 0) is 40.4 Å². The highest BCUT2D eigenvalue weighted by molar-refractivity contribution is 9.11. The molecule has 0 aliphatic rings. The molecule has 0 saturated carbocycles. The number of thiophene rings is 1. The summed E-state index contributed by atoms with van der Waals surface area (Å²) >= 11 is 5.11. The smallest absolute Gasteiger partial charge is 0.125 e. The zero-order valence-corrected chi connectivity index (χ0v) is 12.4. The van der Waals surface area contributed by atoms with E-state index in [0.29, 0.717) is 5.92 Å². The Hall–Kier alpha value is -0.810. The Morgan fingerprint density at radius 1 is 1.47 bits per heavy atom. The molecule has 2 aromatic heterocycles. The first-order valence-corrected chi connectivity index (χ1v) is 7.26. The summed E-state index contributed by atoms with van der Waals surface area (Å²) in [4.78, 5) is 1.11. The van der Waals surface area contributed by atoms with Gasteiger partial charge in [0.2, 0.25) is 0 Å². The number of nitrogens with two attached hydrogens (primary N) is 1. The van der Waals surface area contributed by atoms with E-state index in [4.69, 9.17) is 5.73 Å². The fourth-order valence-corrected chi connectivity index (χ4v) is 2.97. The van der Waals surface area contributed by atoms with Gasteiger partial charge in [0.15, 0.2) is 0 Å². The van der Waals surface area contributed by atoms with E-state index in [9.17, 15) is 0 Å². The average Bonchev–Trinajstić information content (AvgIpc) is 2.82. The summed E-state index contributed by atoms with van der Waals surface area (Å²) in [7, 11) is 0. The molecule has 0 aliphatic heterocycles. The van der Waals surface area contributed by atoms with Gasteiger partial charge in [0.25, 0.3) is 0 Å². The third kappa shape index (κ3) is 3.10. The summed E-state index contributed by atoms with van der Waals surface area (Å²) in [5.41, 5.74) is 7.64. The Labute approximate surface area is 114 Å². The number of hydrogen-bond donors (Lipinski definition) is 1. The normalized spacial score (nSPS) is 11.3. The molecule has 0 atom stereocenters. The van der Waals surface area contributed by atoms with Crippen LogP contribution in [0.3, 0.4) is 0 Å². The van der Waals surface area contributed by atoms with Gasteiger partial charge in [-0.1, -0.05) is 13.8 Å². The van der Waals surface area contributed by atoms with E-state index >= 15 is 0 Å². The van der Waals surface area contributed by atoms with Crippen molar-refractivity contribution < 1.29 is 0 Å². The van der Waals surface area contributed by atoms with Crippen LogP contribution in [0, 0.1) is 5.92 Å². The molecule has 0 fully saturated rings. The Morgan fingerprint density at radius 2 is 2.24 bits per heavy atom. The van der Waals surface area contributed by atoms with Crippen LogP contribution < -0.4 is 5.73 Å². The van der Waals surface area contributed by atoms with Crippen molar-refractivity contribution in [3.63, 3.8) is 0 Å². The second-order valence-corrected chi connectivity index (χ2v) is 6.95. The molecule has 0 amide bonds. The van der Waals surface area contributed by atoms with E-state index in [1.807, 2.05) is 23.0 Å². The lowest BCUT2D eigenvalue weighted by Crippen LogP contribution is -2.01. The zero-order chi connectivity index (χ0) is 12.4. The standard InChI is InChI=1S/C12H16BrN3S/c1-8(2)5-6-16-7-9(14)12(15-16)10-3-4-11(13)17-10/h3-4,7-8H,5-6,14H2,1-2H3. The minimum absolute atomic E-state index is 0.680. The number of hydrogen-bond acceptors (Lipinski definition) is 3. The minimum Gasteiger partial charge on any atom is -0.396 e. The summed E-state index contributed by atoms with van der Waals surface area (Å²) < 4.78 is 3.04. The molecule has 2 N–H and O–H groups in total. The predicted molar refractivity (Wildman–Crippen MR) is 77.1 cm³/mol. The quantitative estimate of drug-likeness (QED) is 0.927. The summed E-state index contributed by atoms with van der Waals surface area (Å²) in [5.74, 6) is 0.680. The molecule has 0 aromatic carbocycles. The summed E-state index contributed by atoms with van der Waals surface area (Å²) in [6, 6.07) is 4.06. The molecule has 2 rings (SSSR count). The van der Waals surface area contributed by atoms with Crippen molar-refractivity contribution in [2.45, 2.75) is 26.8 Å². The Kier molecular flexibility index (Phi) is 3.89. The summed E-state index contributed by atoms with van der Waals surface area (Å²) in [6.07, 6.45) is 3.04. The maximum atomic E-state index is 6.00. The highest BCUT2D eigenvalue weighted by Crippen LogP contribution is 2.33. The average molecular weight is 314 g/mol. The predicted octanol–water partition coefficient (Wildman–Crippen LogP) is 4.00. The van der Waals surface area contributed by atoms with Gasteiger partial charge in [-0.3, -0.25) is 4.68 Å². The Bertz CT molecular complexity index is 502. The first-order chi connectivity index (χ1) is 8.06. The van der Waals surface area contributed by atoms with Crippen LogP contribution in [0.4, 0.5) is 5.69 Å². The van der Waals surface area contributed by atoms with Crippen molar-refractivity contribution >= 4 is 33.0 Å². The van der Waals surface area contributed by atoms with Crippen molar-refractivity contribution in [3.05, 3.63) is 22.1 Å². The lowest BCUT2D eigenvalue weighted by Gasteiger charge is -2.03. The van der Waals surface area contributed by atoms with Gasteiger partial charge >= 0.3 is 0 Å². The molecule has 0 saturated heterocycles. The lowest BCUT2D eigenvalue weighted by molar-refractivity contribution is 0.488. The molecular formula is C12H16BrN3S. The minimum atomic E-state index is 0.680. The second-order valence-electron chi connectivity index (χ2n) is 4.48. The van der Waals surface area contributed by atoms with E-state index in [0.717, 1.165) is 33.0 Å². The van der Waals surface area contributed by atoms with Crippen molar-refractivity contribution in [1.29, 1.82) is 0 Å². The monoisotopic (exact) mass is 313 g/mol. The molecule has 3 nitrogen and oxygen atoms in total. The maximum absolute atomic E-state index is 6.00. The van der Waals surface area contributed by atoms with Crippen molar-refractivity contribution in [3.8, 4) is 10.6 Å². The molecule has 2 aromatic rings. The fraction of sp³-hybridized carbons (Fsp3) is 0.417. The van der Waals surface area contributed by atoms with Gasteiger partial charge in [-0.25, -0.2) is 0 Å². The van der Waals surface area contributed by atoms with Gasteiger partial charge in [0, 0.05) is 12.7 Å². The number of aryl methyl sites for hydroxylation is 1. The van der Waals surface area contributed by atoms with Crippen LogP contribution in [-0.2, 0) is 6.54 Å². The Balaban J connectivity index is 2.19. The number of rotatable bonds is 4. The van der Waals surface area contributed by atoms with Crippen LogP contribution in [0.2, 0.25) is 0 Å². The van der Waals surface area contributed by atoms with Crippen LogP contribution in [-0.4, -0.2) is 9.78 Å². The SMILES string of the molecule is CC(C)CCn1cc(N)c(-c2ccc(Br)s2)n1. The van der Waals surface area contributed by atoms with Crippen molar-refractivity contribution in [1.82, 2.24) is 9.78 Å². The van der Waals surface area contributed by atoms with Crippen LogP contribution in [0.5, 0.6) is 0 Å². The highest BCUT2D eigenvalue weighted by atomic mass is 79.9. The van der Waals surface area contributed by atoms with Gasteiger partial charge in [-0.15, -0.1) is 11.3 Å². The van der Waals surface area contributed by atoms with Crippen LogP contribution in [0.1, 0.15) is 20.3 Å². The van der Waals surface area contributed by atoms with Gasteiger partial charge in [-0.2, -0.15) is 5.10 Å². The number of nitrogens with zero attached hydrogens (tertiary/aromatic N) is 2. The Morgan fingerprint density at radius 3 is 2.82 bits per heavy atom. The third-order valence-electron chi connectivity index (χ3n) is 2.53. The van der Waals surface area contributed by atoms with Gasteiger partial charge in [0.1, 0.15) is 5.69 Å². The molecule has 0 aliphatic carbocycles. The van der Waals surface area contributed by atoms with E-state index in [2.05, 4.69) is 34.9 Å². The largest absolute Gasteiger partial charge is 0.396 e. The molecular weight excluding hydrogens is 298 g/mol.